The molecule has 0 unspecified atom stereocenters. The fourth-order valence-corrected chi connectivity index (χ4v) is 3.00. The van der Waals surface area contributed by atoms with Gasteiger partial charge in [0.1, 0.15) is 11.8 Å². The molecule has 1 aliphatic rings. The van der Waals surface area contributed by atoms with Crippen molar-refractivity contribution in [2.75, 3.05) is 26.8 Å². The summed E-state index contributed by atoms with van der Waals surface area (Å²) in [4.78, 5) is 6.68. The van der Waals surface area contributed by atoms with E-state index in [9.17, 15) is 0 Å². The van der Waals surface area contributed by atoms with Crippen LogP contribution in [-0.2, 0) is 4.74 Å². The molecule has 24 heavy (non-hydrogen) atoms. The van der Waals surface area contributed by atoms with Crippen molar-refractivity contribution in [3.05, 3.63) is 47.6 Å². The average Bonchev–Trinajstić information content (AvgIpc) is 3.01. The Morgan fingerprint density at radius 1 is 1.38 bits per heavy atom. The number of methoxy groups -OCH3 is 1. The molecule has 1 aliphatic heterocycles. The normalized spacial score (nSPS) is 22.1. The minimum absolute atomic E-state index is 0.0123. The predicted molar refractivity (Wildman–Crippen MR) is 90.8 cm³/mol. The molecule has 0 N–H and O–H groups in total. The van der Waals surface area contributed by atoms with Gasteiger partial charge in [-0.25, -0.2) is 0 Å². The maximum Gasteiger partial charge on any atom is 0.246 e. The first kappa shape index (κ1) is 16.7. The highest BCUT2D eigenvalue weighted by Gasteiger charge is 2.34. The Balaban J connectivity index is 1.73. The highest BCUT2D eigenvalue weighted by molar-refractivity contribution is 5.57. The van der Waals surface area contributed by atoms with Crippen molar-refractivity contribution in [2.45, 2.75) is 26.0 Å². The number of hydrogen-bond acceptors (Lipinski definition) is 6. The summed E-state index contributed by atoms with van der Waals surface area (Å²) in [6.07, 6.45) is 4.22. The van der Waals surface area contributed by atoms with Crippen LogP contribution in [-0.4, -0.2) is 48.0 Å². The van der Waals surface area contributed by atoms with E-state index in [1.54, 1.807) is 7.11 Å². The molecule has 6 heteroatoms. The van der Waals surface area contributed by atoms with Crippen LogP contribution < -0.4 is 4.74 Å². The van der Waals surface area contributed by atoms with E-state index in [0.717, 1.165) is 24.4 Å². The molecule has 2 heterocycles. The molecule has 0 radical (unpaired) electrons. The molecule has 0 saturated carbocycles. The van der Waals surface area contributed by atoms with E-state index in [1.807, 2.05) is 38.1 Å². The van der Waals surface area contributed by atoms with Crippen LogP contribution in [0.4, 0.5) is 0 Å². The van der Waals surface area contributed by atoms with E-state index in [2.05, 4.69) is 27.2 Å². The number of hydrogen-bond donors (Lipinski definition) is 0. The molecular formula is C18H23N3O3. The monoisotopic (exact) mass is 329 g/mol. The van der Waals surface area contributed by atoms with E-state index in [-0.39, 0.29) is 12.1 Å². The lowest BCUT2D eigenvalue weighted by atomic mass is 10.1. The Labute approximate surface area is 142 Å². The molecule has 0 aliphatic carbocycles. The van der Waals surface area contributed by atoms with Crippen molar-refractivity contribution in [3.8, 4) is 5.75 Å². The molecule has 0 amide bonds. The molecule has 1 saturated heterocycles. The lowest BCUT2D eigenvalue weighted by Gasteiger charge is -2.37. The second kappa shape index (κ2) is 7.59. The van der Waals surface area contributed by atoms with Gasteiger partial charge in [0.05, 0.1) is 19.8 Å². The molecule has 6 nitrogen and oxygen atoms in total. The van der Waals surface area contributed by atoms with Crippen LogP contribution in [0.3, 0.4) is 0 Å². The van der Waals surface area contributed by atoms with Gasteiger partial charge >= 0.3 is 0 Å². The van der Waals surface area contributed by atoms with Gasteiger partial charge in [-0.15, -0.1) is 0 Å². The molecule has 2 aromatic rings. The predicted octanol–water partition coefficient (Wildman–Crippen LogP) is 2.86. The summed E-state index contributed by atoms with van der Waals surface area (Å²) in [7, 11) is 1.68. The van der Waals surface area contributed by atoms with E-state index < -0.39 is 0 Å². The smallest absolute Gasteiger partial charge is 0.246 e. The number of para-hydroxylation sites is 1. The summed E-state index contributed by atoms with van der Waals surface area (Å²) >= 11 is 0. The summed E-state index contributed by atoms with van der Waals surface area (Å²) in [5.74, 6) is 2.13. The summed E-state index contributed by atoms with van der Waals surface area (Å²) in [6.45, 7) is 6.17. The quantitative estimate of drug-likeness (QED) is 0.840. The molecule has 0 bridgehead atoms. The third kappa shape index (κ3) is 3.66. The SMILES string of the molecule is COc1ccccc1C=CCN1CCO[C@H](C)[C@H]1c1nc(C)no1. The number of nitrogens with zero attached hydrogens (tertiary/aromatic N) is 3. The lowest BCUT2D eigenvalue weighted by Crippen LogP contribution is -2.44. The number of ether oxygens (including phenoxy) is 2. The summed E-state index contributed by atoms with van der Waals surface area (Å²) in [6, 6.07) is 7.94. The second-order valence-corrected chi connectivity index (χ2v) is 5.84. The minimum atomic E-state index is -0.0257. The Kier molecular flexibility index (Phi) is 5.27. The van der Waals surface area contributed by atoms with Crippen LogP contribution in [0, 0.1) is 6.92 Å². The van der Waals surface area contributed by atoms with Crippen molar-refractivity contribution in [2.24, 2.45) is 0 Å². The van der Waals surface area contributed by atoms with Gasteiger partial charge in [0.25, 0.3) is 0 Å². The number of aromatic nitrogens is 2. The fourth-order valence-electron chi connectivity index (χ4n) is 3.00. The molecule has 1 aromatic heterocycles. The molecule has 128 valence electrons. The molecule has 3 rings (SSSR count). The third-order valence-electron chi connectivity index (χ3n) is 4.17. The average molecular weight is 329 g/mol. The van der Waals surface area contributed by atoms with Crippen molar-refractivity contribution in [1.29, 1.82) is 0 Å². The van der Waals surface area contributed by atoms with E-state index >= 15 is 0 Å². The number of aryl methyl sites for hydroxylation is 1. The van der Waals surface area contributed by atoms with Crippen LogP contribution in [0.5, 0.6) is 5.75 Å². The van der Waals surface area contributed by atoms with Gasteiger partial charge in [-0.3, -0.25) is 4.90 Å². The summed E-state index contributed by atoms with van der Waals surface area (Å²) < 4.78 is 16.5. The maximum atomic E-state index is 5.77. The third-order valence-corrected chi connectivity index (χ3v) is 4.17. The molecule has 1 fully saturated rings. The highest BCUT2D eigenvalue weighted by Crippen LogP contribution is 2.28. The largest absolute Gasteiger partial charge is 0.496 e. The first-order valence-electron chi connectivity index (χ1n) is 8.14. The maximum absolute atomic E-state index is 5.77. The van der Waals surface area contributed by atoms with Crippen LogP contribution in [0.1, 0.15) is 30.2 Å². The van der Waals surface area contributed by atoms with Crippen molar-refractivity contribution >= 4 is 6.08 Å². The Morgan fingerprint density at radius 2 is 2.21 bits per heavy atom. The number of rotatable bonds is 5. The van der Waals surface area contributed by atoms with Crippen LogP contribution in [0.25, 0.3) is 6.08 Å². The van der Waals surface area contributed by atoms with Gasteiger partial charge in [0.15, 0.2) is 5.82 Å². The van der Waals surface area contributed by atoms with E-state index in [0.29, 0.717) is 18.3 Å². The molecule has 2 atom stereocenters. The van der Waals surface area contributed by atoms with E-state index in [1.165, 1.54) is 0 Å². The number of benzene rings is 1. The van der Waals surface area contributed by atoms with Gasteiger partial charge in [-0.05, 0) is 19.9 Å². The zero-order valence-electron chi connectivity index (χ0n) is 14.3. The zero-order chi connectivity index (χ0) is 16.9. The molecular weight excluding hydrogens is 306 g/mol. The lowest BCUT2D eigenvalue weighted by molar-refractivity contribution is -0.0684. The van der Waals surface area contributed by atoms with Crippen LogP contribution in [0.15, 0.2) is 34.9 Å². The van der Waals surface area contributed by atoms with Gasteiger partial charge < -0.3 is 14.0 Å². The van der Waals surface area contributed by atoms with E-state index in [4.69, 9.17) is 14.0 Å². The minimum Gasteiger partial charge on any atom is -0.496 e. The molecule has 1 aromatic carbocycles. The second-order valence-electron chi connectivity index (χ2n) is 5.84. The Bertz CT molecular complexity index is 698. The van der Waals surface area contributed by atoms with Crippen molar-refractivity contribution in [1.82, 2.24) is 15.0 Å². The Morgan fingerprint density at radius 3 is 2.96 bits per heavy atom. The summed E-state index contributed by atoms with van der Waals surface area (Å²) in [5.41, 5.74) is 1.06. The zero-order valence-corrected chi connectivity index (χ0v) is 14.3. The highest BCUT2D eigenvalue weighted by atomic mass is 16.5. The fraction of sp³-hybridized carbons (Fsp3) is 0.444. The topological polar surface area (TPSA) is 60.6 Å². The van der Waals surface area contributed by atoms with Crippen LogP contribution >= 0.6 is 0 Å². The molecule has 0 spiro atoms. The number of morpholine rings is 1. The van der Waals surface area contributed by atoms with Gasteiger partial charge in [0.2, 0.25) is 5.89 Å². The van der Waals surface area contributed by atoms with Crippen molar-refractivity contribution < 1.29 is 14.0 Å². The Hall–Kier alpha value is -2.18. The van der Waals surface area contributed by atoms with Gasteiger partial charge in [-0.2, -0.15) is 4.98 Å². The van der Waals surface area contributed by atoms with Gasteiger partial charge in [-0.1, -0.05) is 35.5 Å². The van der Waals surface area contributed by atoms with Gasteiger partial charge in [0, 0.05) is 18.7 Å². The van der Waals surface area contributed by atoms with Crippen molar-refractivity contribution in [3.63, 3.8) is 0 Å². The summed E-state index contributed by atoms with van der Waals surface area (Å²) in [5, 5.41) is 3.91. The standard InChI is InChI=1S/C18H23N3O3/c1-13-17(18-19-14(2)20-24-18)21(11-12-23-13)10-6-8-15-7-4-5-9-16(15)22-3/h4-9,13,17H,10-12H2,1-3H3/t13-,17+/m1/s1. The van der Waals surface area contributed by atoms with Crippen LogP contribution in [0.2, 0.25) is 0 Å². The first-order valence-corrected chi connectivity index (χ1v) is 8.14. The first-order chi connectivity index (χ1) is 11.7.